The van der Waals surface area contributed by atoms with Crippen molar-refractivity contribution in [2.45, 2.75) is 37.9 Å². The number of benzene rings is 3. The first-order valence-corrected chi connectivity index (χ1v) is 12.4. The third-order valence-corrected chi connectivity index (χ3v) is 8.15. The molecule has 2 amide bonds. The lowest BCUT2D eigenvalue weighted by molar-refractivity contribution is -0.164. The fraction of sp³-hybridized carbons (Fsp3) is 0.333. The van der Waals surface area contributed by atoms with E-state index >= 15 is 0 Å². The Morgan fingerprint density at radius 1 is 1.03 bits per heavy atom. The molecule has 6 nitrogen and oxygen atoms in total. The zero-order chi connectivity index (χ0) is 25.0. The smallest absolute Gasteiger partial charge is 0.249 e. The summed E-state index contributed by atoms with van der Waals surface area (Å²) in [4.78, 5) is 31.9. The first kappa shape index (κ1) is 22.7. The average Bonchev–Trinajstić information content (AvgIpc) is 3.19. The summed E-state index contributed by atoms with van der Waals surface area (Å²) in [5.74, 6) is 1.13. The van der Waals surface area contributed by atoms with Gasteiger partial charge < -0.3 is 19.3 Å². The molecule has 4 atom stereocenters. The Bertz CT molecular complexity index is 1320. The third kappa shape index (κ3) is 3.31. The number of rotatable bonds is 4. The Morgan fingerprint density at radius 3 is 2.50 bits per heavy atom. The highest BCUT2D eigenvalue weighted by molar-refractivity contribution is 6.00. The van der Waals surface area contributed by atoms with Crippen molar-refractivity contribution in [2.24, 2.45) is 5.92 Å². The van der Waals surface area contributed by atoms with Crippen LogP contribution in [0.2, 0.25) is 0 Å². The van der Waals surface area contributed by atoms with Crippen molar-refractivity contribution in [1.29, 1.82) is 0 Å². The van der Waals surface area contributed by atoms with Crippen molar-refractivity contribution in [1.82, 2.24) is 9.80 Å². The highest BCUT2D eigenvalue weighted by atomic mass is 16.5. The van der Waals surface area contributed by atoms with E-state index in [9.17, 15) is 9.59 Å². The molecular formula is C30H30N2O4. The molecule has 3 heterocycles. The average molecular weight is 483 g/mol. The van der Waals surface area contributed by atoms with Gasteiger partial charge in [0.1, 0.15) is 23.6 Å². The van der Waals surface area contributed by atoms with Crippen molar-refractivity contribution in [3.8, 4) is 11.5 Å². The molecular weight excluding hydrogens is 452 g/mol. The van der Waals surface area contributed by atoms with Crippen LogP contribution >= 0.6 is 0 Å². The lowest BCUT2D eigenvalue weighted by Gasteiger charge is -2.47. The van der Waals surface area contributed by atoms with Gasteiger partial charge in [-0.2, -0.15) is 0 Å². The monoisotopic (exact) mass is 482 g/mol. The Hall–Kier alpha value is -3.80. The number of piperazine rings is 1. The van der Waals surface area contributed by atoms with Crippen LogP contribution in [0.5, 0.6) is 11.5 Å². The summed E-state index contributed by atoms with van der Waals surface area (Å²) in [5, 5.41) is 0. The zero-order valence-electron chi connectivity index (χ0n) is 20.8. The molecule has 0 radical (unpaired) electrons. The summed E-state index contributed by atoms with van der Waals surface area (Å²) in [7, 11) is 1.63. The highest BCUT2D eigenvalue weighted by Crippen LogP contribution is 2.60. The lowest BCUT2D eigenvalue weighted by Crippen LogP contribution is -2.65. The number of amides is 2. The molecule has 0 spiro atoms. The van der Waals surface area contributed by atoms with Crippen molar-refractivity contribution >= 4 is 11.8 Å². The van der Waals surface area contributed by atoms with E-state index in [2.05, 4.69) is 12.1 Å². The van der Waals surface area contributed by atoms with Crippen LogP contribution in [0.3, 0.4) is 0 Å². The van der Waals surface area contributed by atoms with E-state index < -0.39 is 5.54 Å². The van der Waals surface area contributed by atoms with Gasteiger partial charge in [-0.05, 0) is 43.2 Å². The first-order chi connectivity index (χ1) is 17.4. The number of aryl methyl sites for hydroxylation is 1. The molecule has 0 aliphatic carbocycles. The van der Waals surface area contributed by atoms with E-state index in [0.717, 1.165) is 28.0 Å². The molecule has 3 aliphatic heterocycles. The van der Waals surface area contributed by atoms with Crippen LogP contribution in [0.1, 0.15) is 41.1 Å². The maximum atomic E-state index is 14.4. The molecule has 0 N–H and O–H groups in total. The van der Waals surface area contributed by atoms with Crippen LogP contribution in [0.25, 0.3) is 0 Å². The van der Waals surface area contributed by atoms with Gasteiger partial charge >= 0.3 is 0 Å². The highest BCUT2D eigenvalue weighted by Gasteiger charge is 2.66. The number of carbonyl (C=O) groups excluding carboxylic acids is 2. The number of nitrogens with zero attached hydrogens (tertiary/aromatic N) is 2. The van der Waals surface area contributed by atoms with Gasteiger partial charge in [-0.25, -0.2) is 0 Å². The standard InChI is InChI=1S/C30H30N2O4/c1-19-9-11-20(12-10-19)16-31-17-26(33)32-28-23-15-22(35-3)13-14-25(23)36-18-24(28)27(30(32,2)29(31)34)21-7-5-4-6-8-21/h4-15,24,27-28H,16-18H2,1-3H3/t24-,27+,28+,30-/m1/s1. The van der Waals surface area contributed by atoms with Crippen LogP contribution in [0.4, 0.5) is 0 Å². The summed E-state index contributed by atoms with van der Waals surface area (Å²) in [5.41, 5.74) is 3.10. The van der Waals surface area contributed by atoms with E-state index in [1.54, 1.807) is 12.0 Å². The summed E-state index contributed by atoms with van der Waals surface area (Å²) in [6, 6.07) is 23.7. The molecule has 3 aliphatic rings. The van der Waals surface area contributed by atoms with E-state index in [4.69, 9.17) is 9.47 Å². The van der Waals surface area contributed by atoms with Gasteiger partial charge in [0.05, 0.1) is 19.8 Å². The molecule has 0 aromatic heterocycles. The van der Waals surface area contributed by atoms with Gasteiger partial charge in [-0.1, -0.05) is 60.2 Å². The Labute approximate surface area is 211 Å². The van der Waals surface area contributed by atoms with Gasteiger partial charge in [-0.15, -0.1) is 0 Å². The molecule has 6 rings (SSSR count). The van der Waals surface area contributed by atoms with E-state index in [0.29, 0.717) is 18.9 Å². The molecule has 3 aromatic carbocycles. The van der Waals surface area contributed by atoms with Gasteiger partial charge in [0.15, 0.2) is 0 Å². The number of carbonyl (C=O) groups is 2. The Morgan fingerprint density at radius 2 is 1.78 bits per heavy atom. The summed E-state index contributed by atoms with van der Waals surface area (Å²) in [6.07, 6.45) is 0. The minimum Gasteiger partial charge on any atom is -0.497 e. The fourth-order valence-electron chi connectivity index (χ4n) is 6.54. The van der Waals surface area contributed by atoms with Crippen molar-refractivity contribution in [2.75, 3.05) is 20.3 Å². The number of methoxy groups -OCH3 is 1. The van der Waals surface area contributed by atoms with E-state index in [-0.39, 0.29) is 36.2 Å². The second kappa shape index (κ2) is 8.40. The molecule has 2 saturated heterocycles. The maximum Gasteiger partial charge on any atom is 0.249 e. The Kier molecular flexibility index (Phi) is 5.29. The normalized spacial score (nSPS) is 26.7. The van der Waals surface area contributed by atoms with Gasteiger partial charge in [0.2, 0.25) is 11.8 Å². The minimum atomic E-state index is -1.04. The molecule has 6 heteroatoms. The topological polar surface area (TPSA) is 59.1 Å². The van der Waals surface area contributed by atoms with Gasteiger partial charge in [0.25, 0.3) is 0 Å². The number of ether oxygens (including phenoxy) is 2. The summed E-state index contributed by atoms with van der Waals surface area (Å²) < 4.78 is 11.7. The van der Waals surface area contributed by atoms with Crippen molar-refractivity contribution in [3.05, 3.63) is 95.1 Å². The van der Waals surface area contributed by atoms with E-state index in [1.807, 2.05) is 79.4 Å². The van der Waals surface area contributed by atoms with Crippen molar-refractivity contribution < 1.29 is 19.1 Å². The SMILES string of the molecule is COc1ccc2c(c1)[C@H]1[C@H](CO2)[C@H](c2ccccc2)[C@]2(C)C(=O)N(Cc3ccc(C)cc3)CC(=O)N12. The van der Waals surface area contributed by atoms with Gasteiger partial charge in [-0.3, -0.25) is 9.59 Å². The predicted molar refractivity (Wildman–Crippen MR) is 136 cm³/mol. The Balaban J connectivity index is 1.48. The number of hydrogen-bond donors (Lipinski definition) is 0. The lowest BCUT2D eigenvalue weighted by atomic mass is 9.73. The van der Waals surface area contributed by atoms with Crippen LogP contribution in [0, 0.1) is 12.8 Å². The molecule has 36 heavy (non-hydrogen) atoms. The molecule has 0 bridgehead atoms. The van der Waals surface area contributed by atoms with Crippen LogP contribution < -0.4 is 9.47 Å². The quantitative estimate of drug-likeness (QED) is 0.550. The van der Waals surface area contributed by atoms with Crippen LogP contribution in [-0.4, -0.2) is 47.4 Å². The second-order valence-electron chi connectivity index (χ2n) is 10.3. The fourth-order valence-corrected chi connectivity index (χ4v) is 6.54. The predicted octanol–water partition coefficient (Wildman–Crippen LogP) is 4.48. The molecule has 0 unspecified atom stereocenters. The third-order valence-electron chi connectivity index (χ3n) is 8.15. The molecule has 184 valence electrons. The first-order valence-electron chi connectivity index (χ1n) is 12.4. The molecule has 3 aromatic rings. The van der Waals surface area contributed by atoms with Crippen molar-refractivity contribution in [3.63, 3.8) is 0 Å². The zero-order valence-corrected chi connectivity index (χ0v) is 20.8. The van der Waals surface area contributed by atoms with Gasteiger partial charge in [0, 0.05) is 23.9 Å². The van der Waals surface area contributed by atoms with Crippen LogP contribution in [-0.2, 0) is 16.1 Å². The summed E-state index contributed by atoms with van der Waals surface area (Å²) in [6.45, 7) is 4.90. The minimum absolute atomic E-state index is 0.0182. The summed E-state index contributed by atoms with van der Waals surface area (Å²) >= 11 is 0. The number of hydrogen-bond acceptors (Lipinski definition) is 4. The molecule has 0 saturated carbocycles. The molecule has 2 fully saturated rings. The maximum absolute atomic E-state index is 14.4. The van der Waals surface area contributed by atoms with Crippen LogP contribution in [0.15, 0.2) is 72.8 Å². The largest absolute Gasteiger partial charge is 0.497 e. The second-order valence-corrected chi connectivity index (χ2v) is 10.3. The van der Waals surface area contributed by atoms with E-state index in [1.165, 1.54) is 0 Å². The number of fused-ring (bicyclic) bond motifs is 5.